The predicted molar refractivity (Wildman–Crippen MR) is 148 cm³/mol. The highest BCUT2D eigenvalue weighted by atomic mass is 16.5. The summed E-state index contributed by atoms with van der Waals surface area (Å²) < 4.78 is 6.27. The molecular formula is C28H38N8O2. The third-order valence-corrected chi connectivity index (χ3v) is 8.67. The number of anilines is 2. The molecule has 3 aliphatic rings. The molecule has 202 valence electrons. The van der Waals surface area contributed by atoms with Gasteiger partial charge in [0.15, 0.2) is 0 Å². The first-order valence-corrected chi connectivity index (χ1v) is 13.8. The number of aromatic nitrogens is 4. The van der Waals surface area contributed by atoms with Crippen LogP contribution in [-0.4, -0.2) is 94.8 Å². The summed E-state index contributed by atoms with van der Waals surface area (Å²) in [6.45, 7) is 12.2. The second-order valence-corrected chi connectivity index (χ2v) is 11.0. The zero-order valence-electron chi connectivity index (χ0n) is 23.0. The van der Waals surface area contributed by atoms with Gasteiger partial charge in [-0.05, 0) is 63.9 Å². The van der Waals surface area contributed by atoms with Crippen LogP contribution in [0.15, 0.2) is 12.3 Å². The van der Waals surface area contributed by atoms with Gasteiger partial charge < -0.3 is 24.3 Å². The summed E-state index contributed by atoms with van der Waals surface area (Å²) in [7, 11) is 2.16. The van der Waals surface area contributed by atoms with Gasteiger partial charge in [-0.25, -0.2) is 0 Å². The van der Waals surface area contributed by atoms with Crippen molar-refractivity contribution >= 4 is 28.3 Å². The summed E-state index contributed by atoms with van der Waals surface area (Å²) in [6, 6.07) is 3.04. The zero-order chi connectivity index (χ0) is 26.4. The Bertz CT molecular complexity index is 1350. The number of ether oxygens (including phenoxy) is 1. The minimum atomic E-state index is 0.133. The Hall–Kier alpha value is -3.40. The van der Waals surface area contributed by atoms with Gasteiger partial charge in [-0.15, -0.1) is 0 Å². The number of hydrogen-bond donors (Lipinski definition) is 1. The van der Waals surface area contributed by atoms with E-state index in [1.807, 2.05) is 11.1 Å². The van der Waals surface area contributed by atoms with Gasteiger partial charge in [0.05, 0.1) is 29.6 Å². The third kappa shape index (κ3) is 4.55. The smallest absolute Gasteiger partial charge is 0.318 e. The molecule has 5 heterocycles. The van der Waals surface area contributed by atoms with Crippen LogP contribution in [0.4, 0.5) is 11.5 Å². The molecule has 2 fully saturated rings. The van der Waals surface area contributed by atoms with E-state index in [0.29, 0.717) is 38.3 Å². The molecule has 3 aromatic rings. The summed E-state index contributed by atoms with van der Waals surface area (Å²) >= 11 is 0. The maximum atomic E-state index is 11.9. The maximum Gasteiger partial charge on any atom is 0.318 e. The second kappa shape index (κ2) is 10.1. The Balaban J connectivity index is 1.33. The number of nitrogens with zero attached hydrogens (tertiary/aromatic N) is 7. The van der Waals surface area contributed by atoms with E-state index in [4.69, 9.17) is 14.7 Å². The van der Waals surface area contributed by atoms with Crippen LogP contribution in [0.5, 0.6) is 6.01 Å². The molecule has 0 aliphatic carbocycles. The molecule has 1 atom stereocenters. The number of carbonyl (C=O) groups is 1. The Labute approximate surface area is 224 Å². The third-order valence-electron chi connectivity index (χ3n) is 8.67. The van der Waals surface area contributed by atoms with E-state index in [9.17, 15) is 4.79 Å². The Kier molecular flexibility index (Phi) is 6.59. The normalized spacial score (nSPS) is 20.3. The van der Waals surface area contributed by atoms with Crippen LogP contribution in [0.2, 0.25) is 0 Å². The van der Waals surface area contributed by atoms with Gasteiger partial charge in [-0.1, -0.05) is 0 Å². The first kappa shape index (κ1) is 24.9. The van der Waals surface area contributed by atoms with Gasteiger partial charge in [0, 0.05) is 56.6 Å². The van der Waals surface area contributed by atoms with Gasteiger partial charge in [0.2, 0.25) is 5.91 Å². The van der Waals surface area contributed by atoms with Gasteiger partial charge in [0.25, 0.3) is 0 Å². The monoisotopic (exact) mass is 518 g/mol. The van der Waals surface area contributed by atoms with Crippen molar-refractivity contribution in [3.8, 4) is 6.01 Å². The number of carbonyl (C=O) groups excluding carboxylic acids is 1. The van der Waals surface area contributed by atoms with E-state index in [1.54, 1.807) is 6.92 Å². The Morgan fingerprint density at radius 1 is 1.11 bits per heavy atom. The van der Waals surface area contributed by atoms with Crippen LogP contribution >= 0.6 is 0 Å². The minimum Gasteiger partial charge on any atom is -0.462 e. The maximum absolute atomic E-state index is 11.9. The van der Waals surface area contributed by atoms with Crippen LogP contribution in [0.25, 0.3) is 10.9 Å². The lowest BCUT2D eigenvalue weighted by Gasteiger charge is -2.38. The molecule has 0 saturated carbocycles. The molecule has 1 N–H and O–H groups in total. The minimum absolute atomic E-state index is 0.133. The average molecular weight is 519 g/mol. The molecule has 10 nitrogen and oxygen atoms in total. The lowest BCUT2D eigenvalue weighted by Crippen LogP contribution is -2.49. The van der Waals surface area contributed by atoms with Crippen molar-refractivity contribution in [2.24, 2.45) is 0 Å². The van der Waals surface area contributed by atoms with Gasteiger partial charge >= 0.3 is 6.01 Å². The highest BCUT2D eigenvalue weighted by Gasteiger charge is 2.30. The second-order valence-electron chi connectivity index (χ2n) is 11.0. The quantitative estimate of drug-likeness (QED) is 0.551. The predicted octanol–water partition coefficient (Wildman–Crippen LogP) is 2.67. The molecular weight excluding hydrogens is 480 g/mol. The van der Waals surface area contributed by atoms with Crippen LogP contribution in [-0.2, 0) is 17.8 Å². The largest absolute Gasteiger partial charge is 0.462 e. The van der Waals surface area contributed by atoms with E-state index >= 15 is 0 Å². The fraction of sp³-hybridized carbons (Fsp3) is 0.571. The number of likely N-dealkylation sites (N-methyl/N-ethyl adjacent to an activating group) is 1. The number of H-pyrrole nitrogens is 1. The van der Waals surface area contributed by atoms with Crippen molar-refractivity contribution in [1.82, 2.24) is 30.0 Å². The number of hydrogen-bond acceptors (Lipinski definition) is 8. The molecule has 2 saturated heterocycles. The summed E-state index contributed by atoms with van der Waals surface area (Å²) in [6.07, 6.45) is 5.13. The first-order valence-electron chi connectivity index (χ1n) is 13.8. The lowest BCUT2D eigenvalue weighted by atomic mass is 9.99. The topological polar surface area (TPSA) is 93.7 Å². The van der Waals surface area contributed by atoms with Crippen molar-refractivity contribution < 1.29 is 9.53 Å². The van der Waals surface area contributed by atoms with Crippen molar-refractivity contribution in [2.75, 3.05) is 62.7 Å². The van der Waals surface area contributed by atoms with Crippen molar-refractivity contribution in [3.63, 3.8) is 0 Å². The summed E-state index contributed by atoms with van der Waals surface area (Å²) in [5.41, 5.74) is 7.05. The summed E-state index contributed by atoms with van der Waals surface area (Å²) in [5.74, 6) is 1.11. The first-order chi connectivity index (χ1) is 18.4. The van der Waals surface area contributed by atoms with Gasteiger partial charge in [-0.2, -0.15) is 15.1 Å². The molecule has 3 aliphatic heterocycles. The van der Waals surface area contributed by atoms with E-state index in [1.165, 1.54) is 28.8 Å². The standard InChI is InChI=1S/C28H38N8O2/c1-18-14-24-23(15-29-32-24)26(19(18)2)36-9-7-22-25(16-36)30-28(38-17-21-6-5-8-33(21)4)31-27(22)35-12-10-34(11-13-35)20(3)37/h14-15,21H,5-13,16-17H2,1-4H3,(H,29,32)/t21-/m0/s1. The molecule has 6 rings (SSSR count). The van der Waals surface area contributed by atoms with Crippen LogP contribution in [0.3, 0.4) is 0 Å². The van der Waals surface area contributed by atoms with E-state index in [2.05, 4.69) is 51.9 Å². The van der Waals surface area contributed by atoms with Crippen LogP contribution < -0.4 is 14.5 Å². The zero-order valence-corrected chi connectivity index (χ0v) is 23.0. The highest BCUT2D eigenvalue weighted by Crippen LogP contribution is 2.37. The molecule has 10 heteroatoms. The Morgan fingerprint density at radius 3 is 2.66 bits per heavy atom. The number of likely N-dealkylation sites (tertiary alicyclic amines) is 1. The van der Waals surface area contributed by atoms with E-state index < -0.39 is 0 Å². The molecule has 0 bridgehead atoms. The number of amides is 1. The number of benzene rings is 1. The lowest BCUT2D eigenvalue weighted by molar-refractivity contribution is -0.129. The fourth-order valence-corrected chi connectivity index (χ4v) is 6.22. The van der Waals surface area contributed by atoms with Crippen molar-refractivity contribution in [2.45, 2.75) is 52.6 Å². The molecule has 1 aromatic carbocycles. The molecule has 0 radical (unpaired) electrons. The Morgan fingerprint density at radius 2 is 1.92 bits per heavy atom. The SMILES string of the molecule is CC(=O)N1CCN(c2nc(OC[C@@H]3CCCN3C)nc3c2CCN(c2c(C)c(C)cc4[nH]ncc24)C3)CC1. The van der Waals surface area contributed by atoms with Crippen LogP contribution in [0, 0.1) is 13.8 Å². The van der Waals surface area contributed by atoms with Gasteiger partial charge in [0.1, 0.15) is 12.4 Å². The number of piperazine rings is 1. The van der Waals surface area contributed by atoms with Gasteiger partial charge in [-0.3, -0.25) is 9.89 Å². The van der Waals surface area contributed by atoms with E-state index in [0.717, 1.165) is 61.4 Å². The number of rotatable bonds is 5. The fourth-order valence-electron chi connectivity index (χ4n) is 6.22. The summed E-state index contributed by atoms with van der Waals surface area (Å²) in [4.78, 5) is 30.9. The average Bonchev–Trinajstić information content (AvgIpc) is 3.55. The van der Waals surface area contributed by atoms with Crippen LogP contribution in [0.1, 0.15) is 42.1 Å². The summed E-state index contributed by atoms with van der Waals surface area (Å²) in [5, 5.41) is 8.61. The number of nitrogens with one attached hydrogen (secondary N) is 1. The van der Waals surface area contributed by atoms with E-state index in [-0.39, 0.29) is 5.91 Å². The highest BCUT2D eigenvalue weighted by molar-refractivity contribution is 5.94. The molecule has 0 unspecified atom stereocenters. The number of fused-ring (bicyclic) bond motifs is 2. The molecule has 2 aromatic heterocycles. The molecule has 0 spiro atoms. The molecule has 1 amide bonds. The van der Waals surface area contributed by atoms with Crippen molar-refractivity contribution in [3.05, 3.63) is 34.6 Å². The number of aryl methyl sites for hydroxylation is 1. The van der Waals surface area contributed by atoms with Crippen molar-refractivity contribution in [1.29, 1.82) is 0 Å². The molecule has 38 heavy (non-hydrogen) atoms. The number of aromatic amines is 1.